The van der Waals surface area contributed by atoms with Gasteiger partial charge < -0.3 is 9.32 Å². The molecule has 0 saturated heterocycles. The highest BCUT2D eigenvalue weighted by Crippen LogP contribution is 2.48. The summed E-state index contributed by atoms with van der Waals surface area (Å²) in [7, 11) is 0. The molecule has 0 bridgehead atoms. The van der Waals surface area contributed by atoms with Crippen molar-refractivity contribution < 1.29 is 4.42 Å². The molecule has 2 aromatic heterocycles. The summed E-state index contributed by atoms with van der Waals surface area (Å²) in [6.07, 6.45) is 0. The first-order valence-electron chi connectivity index (χ1n) is 14.5. The molecule has 2 nitrogen and oxygen atoms in total. The summed E-state index contributed by atoms with van der Waals surface area (Å²) in [5.41, 5.74) is 7.61. The molecule has 0 aliphatic carbocycles. The van der Waals surface area contributed by atoms with Crippen molar-refractivity contribution in [2.75, 3.05) is 4.90 Å². The molecule has 9 rings (SSSR count). The SMILES string of the molecule is c1ccc(N(c2cccc3ccccc23)c2cccc3c2sc2ccccc23)c(-c2ccc3oc4ccccc4c3c2)c1. The number of hydrogen-bond acceptors (Lipinski definition) is 3. The smallest absolute Gasteiger partial charge is 0.135 e. The molecule has 43 heavy (non-hydrogen) atoms. The lowest BCUT2D eigenvalue weighted by atomic mass is 9.98. The van der Waals surface area contributed by atoms with Gasteiger partial charge in [0.15, 0.2) is 0 Å². The van der Waals surface area contributed by atoms with Crippen molar-refractivity contribution in [2.45, 2.75) is 0 Å². The van der Waals surface area contributed by atoms with Gasteiger partial charge in [0.1, 0.15) is 11.2 Å². The molecule has 0 N–H and O–H groups in total. The van der Waals surface area contributed by atoms with E-state index in [0.29, 0.717) is 0 Å². The molecule has 0 amide bonds. The van der Waals surface area contributed by atoms with E-state index in [1.54, 1.807) is 0 Å². The quantitative estimate of drug-likeness (QED) is 0.210. The fourth-order valence-electron chi connectivity index (χ4n) is 6.51. The predicted molar refractivity (Wildman–Crippen MR) is 184 cm³/mol. The van der Waals surface area contributed by atoms with E-state index >= 15 is 0 Å². The molecule has 0 aliphatic heterocycles. The summed E-state index contributed by atoms with van der Waals surface area (Å²) < 4.78 is 8.76. The van der Waals surface area contributed by atoms with E-state index in [9.17, 15) is 0 Å². The fourth-order valence-corrected chi connectivity index (χ4v) is 7.71. The summed E-state index contributed by atoms with van der Waals surface area (Å²) in [6.45, 7) is 0. The van der Waals surface area contributed by atoms with Gasteiger partial charge in [-0.15, -0.1) is 11.3 Å². The minimum Gasteiger partial charge on any atom is -0.456 e. The van der Waals surface area contributed by atoms with Crippen molar-refractivity contribution in [3.63, 3.8) is 0 Å². The summed E-state index contributed by atoms with van der Waals surface area (Å²) in [6, 6.07) is 54.3. The van der Waals surface area contributed by atoms with Crippen molar-refractivity contribution in [3.8, 4) is 11.1 Å². The molecule has 0 aliphatic rings. The van der Waals surface area contributed by atoms with Crippen molar-refractivity contribution in [3.05, 3.63) is 152 Å². The minimum absolute atomic E-state index is 0.906. The third-order valence-corrected chi connectivity index (χ3v) is 9.67. The molecule has 7 aromatic carbocycles. The Morgan fingerprint density at radius 1 is 0.442 bits per heavy atom. The summed E-state index contributed by atoms with van der Waals surface area (Å²) in [5, 5.41) is 7.29. The summed E-state index contributed by atoms with van der Waals surface area (Å²) in [4.78, 5) is 2.47. The van der Waals surface area contributed by atoms with E-state index in [0.717, 1.165) is 38.9 Å². The van der Waals surface area contributed by atoms with E-state index in [-0.39, 0.29) is 0 Å². The lowest BCUT2D eigenvalue weighted by Crippen LogP contribution is -2.12. The van der Waals surface area contributed by atoms with Crippen LogP contribution in [0.5, 0.6) is 0 Å². The number of rotatable bonds is 4. The average molecular weight is 568 g/mol. The Kier molecular flexibility index (Phi) is 5.40. The second-order valence-corrected chi connectivity index (χ2v) is 12.0. The predicted octanol–water partition coefficient (Wildman–Crippen LogP) is 12.2. The average Bonchev–Trinajstić information content (AvgIpc) is 3.64. The number of anilines is 3. The van der Waals surface area contributed by atoms with Crippen LogP contribution in [0.3, 0.4) is 0 Å². The van der Waals surface area contributed by atoms with Crippen LogP contribution >= 0.6 is 11.3 Å². The molecule has 9 aromatic rings. The molecule has 0 spiro atoms. The molecule has 202 valence electrons. The molecule has 2 heterocycles. The molecule has 0 atom stereocenters. The molecular formula is C40H25NOS. The zero-order valence-electron chi connectivity index (χ0n) is 23.2. The van der Waals surface area contributed by atoms with Crippen LogP contribution in [0.4, 0.5) is 17.1 Å². The first-order chi connectivity index (χ1) is 21.3. The van der Waals surface area contributed by atoms with Crippen LogP contribution in [0, 0.1) is 0 Å². The Labute approximate surface area is 252 Å². The lowest BCUT2D eigenvalue weighted by Gasteiger charge is -2.29. The number of thiophene rings is 1. The van der Waals surface area contributed by atoms with Crippen LogP contribution in [-0.4, -0.2) is 0 Å². The van der Waals surface area contributed by atoms with Gasteiger partial charge >= 0.3 is 0 Å². The maximum atomic E-state index is 6.18. The zero-order valence-corrected chi connectivity index (χ0v) is 24.0. The lowest BCUT2D eigenvalue weighted by molar-refractivity contribution is 0.669. The standard InChI is InChI=1S/C40H25NOS/c1-2-13-28-26(11-1)12-9-19-35(28)41(36-20-10-17-32-31-16-5-8-22-39(31)43-40(32)36)34-18-6-3-14-29(34)27-23-24-38-33(25-27)30-15-4-7-21-37(30)42-38/h1-25H. The van der Waals surface area contributed by atoms with E-state index in [1.165, 1.54) is 42.2 Å². The van der Waals surface area contributed by atoms with Gasteiger partial charge in [-0.2, -0.15) is 0 Å². The van der Waals surface area contributed by atoms with E-state index < -0.39 is 0 Å². The molecule has 0 saturated carbocycles. The monoisotopic (exact) mass is 567 g/mol. The van der Waals surface area contributed by atoms with Gasteiger partial charge in [0, 0.05) is 37.2 Å². The van der Waals surface area contributed by atoms with Crippen molar-refractivity contribution in [2.24, 2.45) is 0 Å². The van der Waals surface area contributed by atoms with Crippen LogP contribution in [0.1, 0.15) is 0 Å². The maximum absolute atomic E-state index is 6.18. The Morgan fingerprint density at radius 3 is 2.05 bits per heavy atom. The number of nitrogens with zero attached hydrogens (tertiary/aromatic N) is 1. The topological polar surface area (TPSA) is 16.4 Å². The Hall–Kier alpha value is -5.38. The van der Waals surface area contributed by atoms with Crippen LogP contribution in [0.25, 0.3) is 64.0 Å². The molecule has 3 heteroatoms. The van der Waals surface area contributed by atoms with Crippen LogP contribution in [0.15, 0.2) is 156 Å². The highest BCUT2D eigenvalue weighted by molar-refractivity contribution is 7.26. The van der Waals surface area contributed by atoms with Gasteiger partial charge in [-0.1, -0.05) is 109 Å². The first kappa shape index (κ1) is 24.2. The zero-order chi connectivity index (χ0) is 28.3. The van der Waals surface area contributed by atoms with Gasteiger partial charge in [-0.25, -0.2) is 0 Å². The third kappa shape index (κ3) is 3.79. The first-order valence-corrected chi connectivity index (χ1v) is 15.3. The van der Waals surface area contributed by atoms with Gasteiger partial charge in [0.25, 0.3) is 0 Å². The van der Waals surface area contributed by atoms with Gasteiger partial charge in [-0.3, -0.25) is 0 Å². The minimum atomic E-state index is 0.906. The third-order valence-electron chi connectivity index (χ3n) is 8.46. The second-order valence-electron chi connectivity index (χ2n) is 10.9. The van der Waals surface area contributed by atoms with E-state index in [2.05, 4.69) is 144 Å². The summed E-state index contributed by atoms with van der Waals surface area (Å²) >= 11 is 1.86. The number of fused-ring (bicyclic) bond motifs is 7. The normalized spacial score (nSPS) is 11.7. The summed E-state index contributed by atoms with van der Waals surface area (Å²) in [5.74, 6) is 0. The molecule has 0 radical (unpaired) electrons. The van der Waals surface area contributed by atoms with E-state index in [1.807, 2.05) is 23.5 Å². The van der Waals surface area contributed by atoms with Gasteiger partial charge in [-0.05, 0) is 53.4 Å². The van der Waals surface area contributed by atoms with Gasteiger partial charge in [0.2, 0.25) is 0 Å². The van der Waals surface area contributed by atoms with Crippen LogP contribution < -0.4 is 4.90 Å². The largest absolute Gasteiger partial charge is 0.456 e. The fraction of sp³-hybridized carbons (Fsp3) is 0. The molecule has 0 fully saturated rings. The molecule has 0 unspecified atom stereocenters. The maximum Gasteiger partial charge on any atom is 0.135 e. The van der Waals surface area contributed by atoms with Crippen molar-refractivity contribution >= 4 is 81.3 Å². The Morgan fingerprint density at radius 2 is 1.09 bits per heavy atom. The number of hydrogen-bond donors (Lipinski definition) is 0. The van der Waals surface area contributed by atoms with E-state index in [4.69, 9.17) is 4.42 Å². The van der Waals surface area contributed by atoms with Crippen molar-refractivity contribution in [1.82, 2.24) is 0 Å². The Balaban J connectivity index is 1.35. The Bertz CT molecular complexity index is 2480. The van der Waals surface area contributed by atoms with Crippen molar-refractivity contribution in [1.29, 1.82) is 0 Å². The number of furan rings is 1. The second kappa shape index (κ2) is 9.59. The van der Waals surface area contributed by atoms with Crippen LogP contribution in [0.2, 0.25) is 0 Å². The highest BCUT2D eigenvalue weighted by atomic mass is 32.1. The van der Waals surface area contributed by atoms with Crippen LogP contribution in [-0.2, 0) is 0 Å². The number of benzene rings is 7. The number of para-hydroxylation sites is 2. The van der Waals surface area contributed by atoms with Gasteiger partial charge in [0.05, 0.1) is 21.8 Å². The molecular weight excluding hydrogens is 543 g/mol. The highest BCUT2D eigenvalue weighted by Gasteiger charge is 2.22.